The molecule has 0 bridgehead atoms. The molecule has 2 rings (SSSR count). The molecule has 0 atom stereocenters. The summed E-state index contributed by atoms with van der Waals surface area (Å²) in [6.45, 7) is 2.38. The normalized spacial score (nSPS) is 19.2. The van der Waals surface area contributed by atoms with Gasteiger partial charge in [-0.15, -0.1) is 11.8 Å². The maximum atomic E-state index is 12.9. The predicted octanol–water partition coefficient (Wildman–Crippen LogP) is 4.77. The Hall–Kier alpha value is -1.39. The van der Waals surface area contributed by atoms with Gasteiger partial charge in [-0.3, -0.25) is 9.69 Å². The van der Waals surface area contributed by atoms with Crippen molar-refractivity contribution in [3.8, 4) is 0 Å². The van der Waals surface area contributed by atoms with Gasteiger partial charge in [-0.2, -0.15) is 0 Å². The Bertz CT molecular complexity index is 583. The lowest BCUT2D eigenvalue weighted by Gasteiger charge is -2.24. The van der Waals surface area contributed by atoms with Crippen LogP contribution in [0.25, 0.3) is 0 Å². The van der Waals surface area contributed by atoms with Crippen LogP contribution in [0.2, 0.25) is 0 Å². The van der Waals surface area contributed by atoms with Crippen LogP contribution >= 0.6 is 11.8 Å². The molecule has 2 nitrogen and oxygen atoms in total. The van der Waals surface area contributed by atoms with Crippen LogP contribution in [0.1, 0.15) is 31.2 Å². The van der Waals surface area contributed by atoms with Crippen LogP contribution in [0.5, 0.6) is 0 Å². The van der Waals surface area contributed by atoms with Crippen LogP contribution in [0.4, 0.5) is 4.39 Å². The third-order valence-corrected chi connectivity index (χ3v) is 4.78. The molecule has 0 saturated carbocycles. The molecular weight excluding hydrogens is 321 g/mol. The number of hydrogen-bond donors (Lipinski definition) is 0. The van der Waals surface area contributed by atoms with Gasteiger partial charge in [-0.25, -0.2) is 4.39 Å². The first-order valence-electron chi connectivity index (χ1n) is 8.48. The molecule has 0 radical (unpaired) electrons. The molecular formula is C20H26FNOS. The van der Waals surface area contributed by atoms with Crippen molar-refractivity contribution in [3.05, 3.63) is 58.5 Å². The van der Waals surface area contributed by atoms with Crippen molar-refractivity contribution in [1.82, 2.24) is 4.90 Å². The van der Waals surface area contributed by atoms with E-state index >= 15 is 0 Å². The van der Waals surface area contributed by atoms with E-state index in [1.165, 1.54) is 17.3 Å². The number of benzene rings is 1. The molecule has 130 valence electrons. The zero-order valence-electron chi connectivity index (χ0n) is 14.3. The second kappa shape index (κ2) is 10.5. The Labute approximate surface area is 148 Å². The van der Waals surface area contributed by atoms with E-state index in [1.807, 2.05) is 12.3 Å². The van der Waals surface area contributed by atoms with Crippen molar-refractivity contribution >= 4 is 17.5 Å². The molecule has 0 N–H and O–H groups in total. The Morgan fingerprint density at radius 1 is 1.29 bits per heavy atom. The van der Waals surface area contributed by atoms with Crippen molar-refractivity contribution in [3.63, 3.8) is 0 Å². The summed E-state index contributed by atoms with van der Waals surface area (Å²) in [5, 5.41) is 1.75. The Morgan fingerprint density at radius 3 is 2.79 bits per heavy atom. The molecule has 0 aliphatic carbocycles. The van der Waals surface area contributed by atoms with E-state index in [-0.39, 0.29) is 12.2 Å². The Balaban J connectivity index is 1.89. The number of rotatable bonds is 7. The lowest BCUT2D eigenvalue weighted by Crippen LogP contribution is -2.27. The third kappa shape index (κ3) is 6.25. The SMILES string of the molecule is CS/C=C(\CF)CC(=O)/C1=C/CCN(Cc2ccccc2)CCC1. The highest BCUT2D eigenvalue weighted by Gasteiger charge is 2.15. The van der Waals surface area contributed by atoms with Crippen molar-refractivity contribution in [2.24, 2.45) is 0 Å². The lowest BCUT2D eigenvalue weighted by atomic mass is 9.98. The van der Waals surface area contributed by atoms with Gasteiger partial charge in [0.1, 0.15) is 6.67 Å². The highest BCUT2D eigenvalue weighted by Crippen LogP contribution is 2.19. The van der Waals surface area contributed by atoms with Gasteiger partial charge in [0, 0.05) is 19.5 Å². The van der Waals surface area contributed by atoms with Gasteiger partial charge >= 0.3 is 0 Å². The van der Waals surface area contributed by atoms with Gasteiger partial charge in [0.2, 0.25) is 0 Å². The van der Waals surface area contributed by atoms with E-state index in [2.05, 4.69) is 35.2 Å². The van der Waals surface area contributed by atoms with E-state index in [4.69, 9.17) is 0 Å². The summed E-state index contributed by atoms with van der Waals surface area (Å²) in [5.74, 6) is 0.0875. The van der Waals surface area contributed by atoms with Crippen molar-refractivity contribution < 1.29 is 9.18 Å². The van der Waals surface area contributed by atoms with Crippen molar-refractivity contribution in [1.29, 1.82) is 0 Å². The topological polar surface area (TPSA) is 20.3 Å². The molecule has 1 heterocycles. The number of carbonyl (C=O) groups is 1. The number of nitrogens with zero attached hydrogens (tertiary/aromatic N) is 1. The number of halogens is 1. The van der Waals surface area contributed by atoms with Crippen LogP contribution in [-0.4, -0.2) is 36.7 Å². The highest BCUT2D eigenvalue weighted by molar-refractivity contribution is 8.01. The summed E-state index contributed by atoms with van der Waals surface area (Å²) >= 11 is 1.45. The standard InChI is InChI=1S/C20H26FNOS/c1-24-16-18(14-21)13-20(23)19-9-5-11-22(12-6-10-19)15-17-7-3-2-4-8-17/h2-4,7-9,16H,5-6,10-15H2,1H3/b18-16-,19-9+. The molecule has 1 aliphatic rings. The number of alkyl halides is 1. The molecule has 0 saturated heterocycles. The van der Waals surface area contributed by atoms with E-state index in [1.54, 1.807) is 5.41 Å². The fraction of sp³-hybridized carbons (Fsp3) is 0.450. The fourth-order valence-corrected chi connectivity index (χ4v) is 3.47. The second-order valence-electron chi connectivity index (χ2n) is 6.13. The molecule has 0 aromatic heterocycles. The average molecular weight is 347 g/mol. The first kappa shape index (κ1) is 18.9. The van der Waals surface area contributed by atoms with Crippen LogP contribution in [0, 0.1) is 0 Å². The fourth-order valence-electron chi connectivity index (χ4n) is 2.99. The number of Topliss-reactive ketones (excluding diaryl/α,β-unsaturated/α-hetero) is 1. The molecule has 1 aromatic carbocycles. The smallest absolute Gasteiger partial charge is 0.162 e. The number of carbonyl (C=O) groups excluding carboxylic acids is 1. The van der Waals surface area contributed by atoms with Gasteiger partial charge < -0.3 is 0 Å². The maximum absolute atomic E-state index is 12.9. The highest BCUT2D eigenvalue weighted by atomic mass is 32.2. The zero-order valence-corrected chi connectivity index (χ0v) is 15.2. The number of hydrogen-bond acceptors (Lipinski definition) is 3. The van der Waals surface area contributed by atoms with E-state index in [0.29, 0.717) is 5.57 Å². The van der Waals surface area contributed by atoms with Crippen LogP contribution in [0.15, 0.2) is 53.0 Å². The van der Waals surface area contributed by atoms with Crippen LogP contribution < -0.4 is 0 Å². The lowest BCUT2D eigenvalue weighted by molar-refractivity contribution is -0.115. The van der Waals surface area contributed by atoms with Crippen molar-refractivity contribution in [2.75, 3.05) is 26.0 Å². The van der Waals surface area contributed by atoms with Gasteiger partial charge in [0.05, 0.1) is 0 Å². The van der Waals surface area contributed by atoms with E-state index < -0.39 is 6.67 Å². The largest absolute Gasteiger partial charge is 0.299 e. The molecule has 4 heteroatoms. The third-order valence-electron chi connectivity index (χ3n) is 4.21. The zero-order chi connectivity index (χ0) is 17.2. The summed E-state index contributed by atoms with van der Waals surface area (Å²) in [6.07, 6.45) is 6.82. The van der Waals surface area contributed by atoms with Gasteiger partial charge in [-0.1, -0.05) is 36.4 Å². The van der Waals surface area contributed by atoms with Crippen LogP contribution in [-0.2, 0) is 11.3 Å². The molecule has 0 unspecified atom stereocenters. The minimum Gasteiger partial charge on any atom is -0.299 e. The summed E-state index contributed by atoms with van der Waals surface area (Å²) in [6, 6.07) is 10.5. The first-order valence-corrected chi connectivity index (χ1v) is 9.77. The molecule has 24 heavy (non-hydrogen) atoms. The van der Waals surface area contributed by atoms with Gasteiger partial charge in [0.25, 0.3) is 0 Å². The number of allylic oxidation sites excluding steroid dienone is 2. The average Bonchev–Trinajstić information content (AvgIpc) is 2.57. The minimum atomic E-state index is -0.537. The molecule has 1 aliphatic heterocycles. The Kier molecular flexibility index (Phi) is 8.26. The number of thioether (sulfide) groups is 1. The molecule has 0 fully saturated rings. The summed E-state index contributed by atoms with van der Waals surface area (Å²) in [4.78, 5) is 14.8. The Morgan fingerprint density at radius 2 is 2.08 bits per heavy atom. The predicted molar refractivity (Wildman–Crippen MR) is 101 cm³/mol. The number of ketones is 1. The van der Waals surface area contributed by atoms with Crippen molar-refractivity contribution in [2.45, 2.75) is 32.2 Å². The monoisotopic (exact) mass is 347 g/mol. The quantitative estimate of drug-likeness (QED) is 0.708. The second-order valence-corrected chi connectivity index (χ2v) is 6.84. The first-order chi connectivity index (χ1) is 11.7. The summed E-state index contributed by atoms with van der Waals surface area (Å²) in [5.41, 5.74) is 2.80. The van der Waals surface area contributed by atoms with Gasteiger partial charge in [0.15, 0.2) is 5.78 Å². The van der Waals surface area contributed by atoms with Gasteiger partial charge in [-0.05, 0) is 54.2 Å². The summed E-state index contributed by atoms with van der Waals surface area (Å²) in [7, 11) is 0. The maximum Gasteiger partial charge on any atom is 0.162 e. The van der Waals surface area contributed by atoms with E-state index in [0.717, 1.165) is 44.5 Å². The minimum absolute atomic E-state index is 0.0875. The molecule has 0 spiro atoms. The summed E-state index contributed by atoms with van der Waals surface area (Å²) < 4.78 is 12.9. The van der Waals surface area contributed by atoms with Crippen LogP contribution in [0.3, 0.4) is 0 Å². The molecule has 0 amide bonds. The molecule has 1 aromatic rings. The van der Waals surface area contributed by atoms with E-state index in [9.17, 15) is 9.18 Å².